The van der Waals surface area contributed by atoms with E-state index in [2.05, 4.69) is 35.9 Å². The lowest BCUT2D eigenvalue weighted by atomic mass is 10.1. The van der Waals surface area contributed by atoms with E-state index >= 15 is 0 Å². The summed E-state index contributed by atoms with van der Waals surface area (Å²) in [6, 6.07) is 0. The van der Waals surface area contributed by atoms with E-state index in [0.717, 1.165) is 5.69 Å². The van der Waals surface area contributed by atoms with Crippen molar-refractivity contribution >= 4 is 15.9 Å². The minimum atomic E-state index is -0.204. The molecular formula is C11H11BrN4O. The molecule has 2 rings (SSSR count). The molecule has 0 aromatic carbocycles. The highest BCUT2D eigenvalue weighted by Gasteiger charge is 2.13. The molecule has 0 saturated heterocycles. The first-order valence-electron chi connectivity index (χ1n) is 5.15. The van der Waals surface area contributed by atoms with E-state index < -0.39 is 0 Å². The van der Waals surface area contributed by atoms with Crippen molar-refractivity contribution in [3.05, 3.63) is 39.1 Å². The van der Waals surface area contributed by atoms with Crippen LogP contribution in [0.4, 0.5) is 0 Å². The van der Waals surface area contributed by atoms with Gasteiger partial charge < -0.3 is 4.98 Å². The third kappa shape index (κ3) is 2.41. The molecule has 0 aliphatic rings. The summed E-state index contributed by atoms with van der Waals surface area (Å²) >= 11 is 3.25. The third-order valence-corrected chi connectivity index (χ3v) is 3.01. The van der Waals surface area contributed by atoms with Crippen LogP contribution in [0.25, 0.3) is 11.5 Å². The molecule has 2 aromatic rings. The Labute approximate surface area is 106 Å². The number of hydrogen-bond donors (Lipinski definition) is 1. The van der Waals surface area contributed by atoms with Crippen LogP contribution in [0.1, 0.15) is 25.5 Å². The molecule has 0 unspecified atom stereocenters. The van der Waals surface area contributed by atoms with Gasteiger partial charge in [0.25, 0.3) is 5.56 Å². The molecule has 5 nitrogen and oxygen atoms in total. The van der Waals surface area contributed by atoms with Gasteiger partial charge in [0.15, 0.2) is 5.82 Å². The van der Waals surface area contributed by atoms with Crippen LogP contribution in [0.5, 0.6) is 0 Å². The average molecular weight is 295 g/mol. The second kappa shape index (κ2) is 4.75. The van der Waals surface area contributed by atoms with Crippen molar-refractivity contribution in [1.29, 1.82) is 0 Å². The summed E-state index contributed by atoms with van der Waals surface area (Å²) in [6.07, 6.45) is 4.70. The molecule has 0 aliphatic heterocycles. The Balaban J connectivity index is 2.62. The van der Waals surface area contributed by atoms with Gasteiger partial charge in [0.2, 0.25) is 0 Å². The maximum absolute atomic E-state index is 11.7. The van der Waals surface area contributed by atoms with Crippen LogP contribution in [0.3, 0.4) is 0 Å². The monoisotopic (exact) mass is 294 g/mol. The Morgan fingerprint density at radius 1 is 1.35 bits per heavy atom. The zero-order chi connectivity index (χ0) is 12.4. The van der Waals surface area contributed by atoms with Gasteiger partial charge >= 0.3 is 0 Å². The van der Waals surface area contributed by atoms with Crippen LogP contribution in [0, 0.1) is 0 Å². The van der Waals surface area contributed by atoms with Gasteiger partial charge in [-0.2, -0.15) is 0 Å². The number of halogens is 1. The molecule has 0 saturated carbocycles. The Bertz CT molecular complexity index is 580. The van der Waals surface area contributed by atoms with Crippen molar-refractivity contribution < 1.29 is 0 Å². The van der Waals surface area contributed by atoms with Gasteiger partial charge in [-0.25, -0.2) is 9.97 Å². The van der Waals surface area contributed by atoms with Gasteiger partial charge in [-0.15, -0.1) is 0 Å². The lowest BCUT2D eigenvalue weighted by Crippen LogP contribution is -2.14. The Hall–Kier alpha value is -1.56. The van der Waals surface area contributed by atoms with Crippen molar-refractivity contribution in [3.63, 3.8) is 0 Å². The molecule has 0 atom stereocenters. The zero-order valence-corrected chi connectivity index (χ0v) is 11.0. The van der Waals surface area contributed by atoms with Crippen molar-refractivity contribution in [2.75, 3.05) is 0 Å². The highest BCUT2D eigenvalue weighted by molar-refractivity contribution is 9.10. The van der Waals surface area contributed by atoms with E-state index in [4.69, 9.17) is 0 Å². The first-order chi connectivity index (χ1) is 8.09. The van der Waals surface area contributed by atoms with E-state index in [1.165, 1.54) is 0 Å². The van der Waals surface area contributed by atoms with Crippen molar-refractivity contribution in [1.82, 2.24) is 19.9 Å². The Kier molecular flexibility index (Phi) is 3.33. The van der Waals surface area contributed by atoms with Crippen molar-refractivity contribution in [2.24, 2.45) is 0 Å². The van der Waals surface area contributed by atoms with Gasteiger partial charge in [-0.05, 0) is 21.8 Å². The average Bonchev–Trinajstić information content (AvgIpc) is 2.33. The summed E-state index contributed by atoms with van der Waals surface area (Å²) < 4.78 is 0.472. The molecule has 2 heterocycles. The second-order valence-corrected chi connectivity index (χ2v) is 4.65. The largest absolute Gasteiger partial charge is 0.304 e. The predicted molar refractivity (Wildman–Crippen MR) is 67.7 cm³/mol. The molecule has 0 radical (unpaired) electrons. The lowest BCUT2D eigenvalue weighted by molar-refractivity contribution is 0.802. The van der Waals surface area contributed by atoms with Crippen LogP contribution in [0.2, 0.25) is 0 Å². The number of rotatable bonds is 2. The van der Waals surface area contributed by atoms with Gasteiger partial charge in [0.05, 0.1) is 11.9 Å². The Morgan fingerprint density at radius 3 is 2.71 bits per heavy atom. The summed E-state index contributed by atoms with van der Waals surface area (Å²) in [4.78, 5) is 26.9. The fraction of sp³-hybridized carbons (Fsp3) is 0.273. The molecule has 17 heavy (non-hydrogen) atoms. The second-order valence-electron chi connectivity index (χ2n) is 3.86. The smallest absolute Gasteiger partial charge is 0.265 e. The zero-order valence-electron chi connectivity index (χ0n) is 9.44. The van der Waals surface area contributed by atoms with Gasteiger partial charge in [0.1, 0.15) is 10.2 Å². The summed E-state index contributed by atoms with van der Waals surface area (Å²) in [5.74, 6) is 0.595. The number of aromatic nitrogens is 4. The summed E-state index contributed by atoms with van der Waals surface area (Å²) in [6.45, 7) is 3.96. The van der Waals surface area contributed by atoms with E-state index in [1.807, 2.05) is 13.8 Å². The summed E-state index contributed by atoms with van der Waals surface area (Å²) in [7, 11) is 0. The molecule has 2 aromatic heterocycles. The third-order valence-electron chi connectivity index (χ3n) is 2.24. The minimum absolute atomic E-state index is 0.155. The number of nitrogens with zero attached hydrogens (tertiary/aromatic N) is 3. The first-order valence-corrected chi connectivity index (χ1v) is 5.95. The molecule has 1 N–H and O–H groups in total. The predicted octanol–water partition coefficient (Wildman–Crippen LogP) is 2.11. The highest BCUT2D eigenvalue weighted by Crippen LogP contribution is 2.20. The van der Waals surface area contributed by atoms with Gasteiger partial charge in [0, 0.05) is 12.4 Å². The lowest BCUT2D eigenvalue weighted by Gasteiger charge is -2.08. The van der Waals surface area contributed by atoms with Crippen LogP contribution in [-0.4, -0.2) is 19.9 Å². The van der Waals surface area contributed by atoms with Crippen LogP contribution in [0.15, 0.2) is 27.9 Å². The molecular weight excluding hydrogens is 284 g/mol. The van der Waals surface area contributed by atoms with Crippen LogP contribution < -0.4 is 5.56 Å². The molecule has 0 bridgehead atoms. The van der Waals surface area contributed by atoms with Gasteiger partial charge in [-0.1, -0.05) is 13.8 Å². The van der Waals surface area contributed by atoms with E-state index in [-0.39, 0.29) is 11.5 Å². The molecule has 0 spiro atoms. The molecule has 6 heteroatoms. The molecule has 88 valence electrons. The maximum atomic E-state index is 11.7. The molecule has 0 aliphatic carbocycles. The van der Waals surface area contributed by atoms with Crippen molar-refractivity contribution in [3.8, 4) is 11.5 Å². The Morgan fingerprint density at radius 2 is 2.12 bits per heavy atom. The number of H-pyrrole nitrogens is 1. The highest BCUT2D eigenvalue weighted by atomic mass is 79.9. The van der Waals surface area contributed by atoms with E-state index in [0.29, 0.717) is 16.0 Å². The number of hydrogen-bond acceptors (Lipinski definition) is 4. The fourth-order valence-corrected chi connectivity index (χ4v) is 2.05. The standard InChI is InChI=1S/C11H11BrN4O/c1-6(2)9-8(12)11(17)16-10(15-9)7-5-13-3-4-14-7/h3-6H,1-2H3,(H,15,16,17). The fourth-order valence-electron chi connectivity index (χ4n) is 1.40. The minimum Gasteiger partial charge on any atom is -0.304 e. The summed E-state index contributed by atoms with van der Waals surface area (Å²) in [5.41, 5.74) is 1.07. The quantitative estimate of drug-likeness (QED) is 0.921. The normalized spacial score (nSPS) is 10.8. The van der Waals surface area contributed by atoms with E-state index in [9.17, 15) is 4.79 Å². The van der Waals surface area contributed by atoms with Crippen LogP contribution >= 0.6 is 15.9 Å². The summed E-state index contributed by atoms with van der Waals surface area (Å²) in [5, 5.41) is 0. The van der Waals surface area contributed by atoms with Gasteiger partial charge in [-0.3, -0.25) is 9.78 Å². The topological polar surface area (TPSA) is 71.5 Å². The maximum Gasteiger partial charge on any atom is 0.265 e. The SMILES string of the molecule is CC(C)c1nc(-c2cnccn2)[nH]c(=O)c1Br. The first kappa shape index (κ1) is 11.9. The number of nitrogens with one attached hydrogen (secondary N) is 1. The molecule has 0 fully saturated rings. The number of aromatic amines is 1. The van der Waals surface area contributed by atoms with E-state index in [1.54, 1.807) is 18.6 Å². The van der Waals surface area contributed by atoms with Crippen LogP contribution in [-0.2, 0) is 0 Å². The van der Waals surface area contributed by atoms with Crippen molar-refractivity contribution in [2.45, 2.75) is 19.8 Å². The molecule has 0 amide bonds.